The Labute approximate surface area is 155 Å². The average Bonchev–Trinajstić information content (AvgIpc) is 2.91. The molecule has 0 spiro atoms. The Balaban J connectivity index is 1.65. The second-order valence-corrected chi connectivity index (χ2v) is 7.87. The summed E-state index contributed by atoms with van der Waals surface area (Å²) in [6.07, 6.45) is 0.971. The lowest BCUT2D eigenvalue weighted by atomic mass is 9.82. The zero-order valence-corrected chi connectivity index (χ0v) is 15.3. The minimum atomic E-state index is 0.0747. The van der Waals surface area contributed by atoms with Crippen LogP contribution in [0.3, 0.4) is 0 Å². The normalized spacial score (nSPS) is 14.2. The standard InChI is InChI=1S/C26H22/c1-26(2)23-12-6-5-11-22(23)25-21(10-7-13-24(25)26)17-18-14-15-19-8-3-4-9-20(19)16-18/h3-16H,17H2,1-2H3. The Hall–Kier alpha value is -2.86. The first-order valence-electron chi connectivity index (χ1n) is 9.34. The molecule has 0 aromatic heterocycles. The van der Waals surface area contributed by atoms with Crippen LogP contribution in [-0.2, 0) is 11.8 Å². The summed E-state index contributed by atoms with van der Waals surface area (Å²) in [5.74, 6) is 0. The van der Waals surface area contributed by atoms with Gasteiger partial charge in [-0.15, -0.1) is 0 Å². The molecular weight excluding hydrogens is 312 g/mol. The summed E-state index contributed by atoms with van der Waals surface area (Å²) in [7, 11) is 0. The lowest BCUT2D eigenvalue weighted by molar-refractivity contribution is 0.660. The van der Waals surface area contributed by atoms with Gasteiger partial charge >= 0.3 is 0 Å². The van der Waals surface area contributed by atoms with E-state index < -0.39 is 0 Å². The largest absolute Gasteiger partial charge is 0.0619 e. The molecule has 0 nitrogen and oxygen atoms in total. The van der Waals surface area contributed by atoms with Gasteiger partial charge in [-0.2, -0.15) is 0 Å². The maximum absolute atomic E-state index is 2.34. The van der Waals surface area contributed by atoms with Crippen molar-refractivity contribution >= 4 is 10.8 Å². The van der Waals surface area contributed by atoms with E-state index in [9.17, 15) is 0 Å². The fraction of sp³-hybridized carbons (Fsp3) is 0.154. The first-order valence-corrected chi connectivity index (χ1v) is 9.34. The van der Waals surface area contributed by atoms with E-state index in [2.05, 4.69) is 98.8 Å². The maximum atomic E-state index is 2.34. The van der Waals surface area contributed by atoms with E-state index in [0.717, 1.165) is 6.42 Å². The van der Waals surface area contributed by atoms with Crippen molar-refractivity contribution in [1.82, 2.24) is 0 Å². The van der Waals surface area contributed by atoms with E-state index in [0.29, 0.717) is 0 Å². The van der Waals surface area contributed by atoms with E-state index in [1.54, 1.807) is 0 Å². The van der Waals surface area contributed by atoms with Gasteiger partial charge in [0.15, 0.2) is 0 Å². The highest BCUT2D eigenvalue weighted by Gasteiger charge is 2.36. The highest BCUT2D eigenvalue weighted by molar-refractivity contribution is 5.85. The summed E-state index contributed by atoms with van der Waals surface area (Å²) in [5.41, 5.74) is 8.63. The van der Waals surface area contributed by atoms with Gasteiger partial charge in [0.05, 0.1) is 0 Å². The molecule has 1 aliphatic rings. The van der Waals surface area contributed by atoms with Crippen LogP contribution >= 0.6 is 0 Å². The minimum absolute atomic E-state index is 0.0747. The van der Waals surface area contributed by atoms with Crippen LogP contribution in [-0.4, -0.2) is 0 Å². The number of benzene rings is 4. The number of hydrogen-bond donors (Lipinski definition) is 0. The van der Waals surface area contributed by atoms with Crippen molar-refractivity contribution in [2.75, 3.05) is 0 Å². The number of fused-ring (bicyclic) bond motifs is 4. The fourth-order valence-corrected chi connectivity index (χ4v) is 4.55. The van der Waals surface area contributed by atoms with Crippen LogP contribution < -0.4 is 0 Å². The summed E-state index contributed by atoms with van der Waals surface area (Å²) in [5, 5.41) is 2.62. The lowest BCUT2D eigenvalue weighted by Crippen LogP contribution is -2.14. The molecular formula is C26H22. The van der Waals surface area contributed by atoms with Crippen LogP contribution in [0.25, 0.3) is 21.9 Å². The zero-order chi connectivity index (χ0) is 17.7. The van der Waals surface area contributed by atoms with E-state index in [1.165, 1.54) is 44.2 Å². The van der Waals surface area contributed by atoms with Gasteiger partial charge in [0.25, 0.3) is 0 Å². The number of rotatable bonds is 2. The van der Waals surface area contributed by atoms with Gasteiger partial charge in [-0.05, 0) is 50.6 Å². The summed E-state index contributed by atoms with van der Waals surface area (Å²) in [4.78, 5) is 0. The van der Waals surface area contributed by atoms with Gasteiger partial charge in [-0.25, -0.2) is 0 Å². The molecule has 0 saturated heterocycles. The van der Waals surface area contributed by atoms with Crippen molar-refractivity contribution in [1.29, 1.82) is 0 Å². The predicted molar refractivity (Wildman–Crippen MR) is 111 cm³/mol. The molecule has 0 aliphatic heterocycles. The molecule has 0 heteroatoms. The summed E-state index contributed by atoms with van der Waals surface area (Å²) >= 11 is 0. The fourth-order valence-electron chi connectivity index (χ4n) is 4.55. The van der Waals surface area contributed by atoms with Gasteiger partial charge in [-0.3, -0.25) is 0 Å². The summed E-state index contributed by atoms with van der Waals surface area (Å²) < 4.78 is 0. The molecule has 0 heterocycles. The molecule has 5 rings (SSSR count). The molecule has 4 aromatic carbocycles. The SMILES string of the molecule is CC1(C)c2ccccc2-c2c(Cc3ccc4ccccc4c3)cccc21. The van der Waals surface area contributed by atoms with Crippen LogP contribution in [0, 0.1) is 0 Å². The molecule has 26 heavy (non-hydrogen) atoms. The zero-order valence-electron chi connectivity index (χ0n) is 15.3. The quantitative estimate of drug-likeness (QED) is 0.381. The van der Waals surface area contributed by atoms with Gasteiger partial charge in [-0.1, -0.05) is 98.8 Å². The average molecular weight is 334 g/mol. The Kier molecular flexibility index (Phi) is 3.30. The van der Waals surface area contributed by atoms with Gasteiger partial charge < -0.3 is 0 Å². The molecule has 0 unspecified atom stereocenters. The van der Waals surface area contributed by atoms with Crippen molar-refractivity contribution in [3.05, 3.63) is 107 Å². The van der Waals surface area contributed by atoms with Crippen molar-refractivity contribution in [3.63, 3.8) is 0 Å². The van der Waals surface area contributed by atoms with E-state index in [1.807, 2.05) is 0 Å². The first-order chi connectivity index (χ1) is 12.6. The molecule has 1 aliphatic carbocycles. The van der Waals surface area contributed by atoms with Crippen molar-refractivity contribution in [3.8, 4) is 11.1 Å². The first kappa shape index (κ1) is 15.4. The highest BCUT2D eigenvalue weighted by atomic mass is 14.4. The monoisotopic (exact) mass is 334 g/mol. The molecule has 0 saturated carbocycles. The molecule has 0 bridgehead atoms. The maximum Gasteiger partial charge on any atom is 0.0158 e. The van der Waals surface area contributed by atoms with Gasteiger partial charge in [0, 0.05) is 5.41 Å². The second kappa shape index (κ2) is 5.57. The van der Waals surface area contributed by atoms with Crippen LogP contribution in [0.15, 0.2) is 84.9 Å². The van der Waals surface area contributed by atoms with E-state index in [4.69, 9.17) is 0 Å². The van der Waals surface area contributed by atoms with Crippen LogP contribution in [0.2, 0.25) is 0 Å². The van der Waals surface area contributed by atoms with Gasteiger partial charge in [0.2, 0.25) is 0 Å². The Morgan fingerprint density at radius 2 is 1.38 bits per heavy atom. The second-order valence-electron chi connectivity index (χ2n) is 7.87. The predicted octanol–water partition coefficient (Wildman–Crippen LogP) is 6.74. The smallest absolute Gasteiger partial charge is 0.0158 e. The topological polar surface area (TPSA) is 0 Å². The third-order valence-corrected chi connectivity index (χ3v) is 5.90. The third kappa shape index (κ3) is 2.22. The molecule has 0 radical (unpaired) electrons. The van der Waals surface area contributed by atoms with Crippen molar-refractivity contribution in [2.45, 2.75) is 25.7 Å². The molecule has 0 atom stereocenters. The molecule has 0 fully saturated rings. The van der Waals surface area contributed by atoms with Gasteiger partial charge in [0.1, 0.15) is 0 Å². The lowest BCUT2D eigenvalue weighted by Gasteiger charge is -2.21. The molecule has 126 valence electrons. The minimum Gasteiger partial charge on any atom is -0.0619 e. The molecule has 0 N–H and O–H groups in total. The van der Waals surface area contributed by atoms with E-state index >= 15 is 0 Å². The molecule has 4 aromatic rings. The van der Waals surface area contributed by atoms with E-state index in [-0.39, 0.29) is 5.41 Å². The Morgan fingerprint density at radius 1 is 0.654 bits per heavy atom. The summed E-state index contributed by atoms with van der Waals surface area (Å²) in [6, 6.07) is 31.2. The molecule has 0 amide bonds. The third-order valence-electron chi connectivity index (χ3n) is 5.90. The van der Waals surface area contributed by atoms with Crippen LogP contribution in [0.1, 0.15) is 36.1 Å². The Morgan fingerprint density at radius 3 is 2.27 bits per heavy atom. The number of hydrogen-bond acceptors (Lipinski definition) is 0. The van der Waals surface area contributed by atoms with Crippen molar-refractivity contribution < 1.29 is 0 Å². The van der Waals surface area contributed by atoms with Crippen molar-refractivity contribution in [2.24, 2.45) is 0 Å². The summed E-state index contributed by atoms with van der Waals surface area (Å²) in [6.45, 7) is 4.69. The highest BCUT2D eigenvalue weighted by Crippen LogP contribution is 2.50. The van der Waals surface area contributed by atoms with Crippen LogP contribution in [0.4, 0.5) is 0 Å². The van der Waals surface area contributed by atoms with Crippen LogP contribution in [0.5, 0.6) is 0 Å². The Bertz CT molecular complexity index is 1130.